The molecule has 0 spiro atoms. The Morgan fingerprint density at radius 2 is 2.21 bits per heavy atom. The third-order valence-corrected chi connectivity index (χ3v) is 4.25. The van der Waals surface area contributed by atoms with E-state index in [-0.39, 0.29) is 18.1 Å². The summed E-state index contributed by atoms with van der Waals surface area (Å²) >= 11 is 1.38. The highest BCUT2D eigenvalue weighted by Gasteiger charge is 2.09. The Kier molecular flexibility index (Phi) is 4.72. The molecular formula is C17H15N3O3S. The lowest BCUT2D eigenvalue weighted by Gasteiger charge is -2.03. The van der Waals surface area contributed by atoms with Gasteiger partial charge in [0.15, 0.2) is 11.5 Å². The fourth-order valence-electron chi connectivity index (χ4n) is 2.21. The number of phenols is 1. The van der Waals surface area contributed by atoms with Gasteiger partial charge in [0.2, 0.25) is 5.91 Å². The minimum Gasteiger partial charge on any atom is -0.504 e. The highest BCUT2D eigenvalue weighted by atomic mass is 32.1. The molecule has 3 aromatic rings. The van der Waals surface area contributed by atoms with Crippen molar-refractivity contribution in [2.24, 2.45) is 5.10 Å². The number of phenolic OH excluding ortho intramolecular Hbond substituents is 1. The first kappa shape index (κ1) is 15.9. The molecular weight excluding hydrogens is 326 g/mol. The number of benzene rings is 2. The van der Waals surface area contributed by atoms with E-state index in [4.69, 9.17) is 4.74 Å². The van der Waals surface area contributed by atoms with Crippen molar-refractivity contribution in [3.8, 4) is 11.5 Å². The largest absolute Gasteiger partial charge is 0.504 e. The molecule has 1 heterocycles. The first-order valence-electron chi connectivity index (χ1n) is 7.19. The highest BCUT2D eigenvalue weighted by molar-refractivity contribution is 7.13. The number of hydrazone groups is 1. The fourth-order valence-corrected chi connectivity index (χ4v) is 3.01. The summed E-state index contributed by atoms with van der Waals surface area (Å²) in [4.78, 5) is 12.0. The Morgan fingerprint density at radius 1 is 1.38 bits per heavy atom. The maximum Gasteiger partial charge on any atom is 0.246 e. The second-order valence-corrected chi connectivity index (χ2v) is 5.83. The highest BCUT2D eigenvalue weighted by Crippen LogP contribution is 2.25. The molecule has 0 saturated heterocycles. The number of nitrogens with zero attached hydrogens (tertiary/aromatic N) is 2. The molecule has 3 rings (SSSR count). The number of ether oxygens (including phenoxy) is 1. The Hall–Kier alpha value is -2.93. The predicted octanol–water partition coefficient (Wildman–Crippen LogP) is 2.70. The fraction of sp³-hybridized carbons (Fsp3) is 0.118. The Morgan fingerprint density at radius 3 is 3.04 bits per heavy atom. The number of carbonyl (C=O) groups excluding carboxylic acids is 1. The van der Waals surface area contributed by atoms with Crippen LogP contribution in [-0.4, -0.2) is 28.7 Å². The minimum absolute atomic E-state index is 0.0501. The molecule has 0 aliphatic rings. The van der Waals surface area contributed by atoms with Gasteiger partial charge in [0.25, 0.3) is 0 Å². The number of aromatic hydroxyl groups is 1. The summed E-state index contributed by atoms with van der Waals surface area (Å²) in [5, 5.41) is 14.4. The van der Waals surface area contributed by atoms with Crippen LogP contribution >= 0.6 is 11.5 Å². The molecule has 122 valence electrons. The van der Waals surface area contributed by atoms with Crippen molar-refractivity contribution in [2.75, 3.05) is 7.11 Å². The molecule has 0 aliphatic heterocycles. The molecule has 2 aromatic carbocycles. The van der Waals surface area contributed by atoms with E-state index in [9.17, 15) is 9.90 Å². The average molecular weight is 341 g/mol. The number of amides is 1. The van der Waals surface area contributed by atoms with Crippen molar-refractivity contribution in [3.63, 3.8) is 0 Å². The van der Waals surface area contributed by atoms with Gasteiger partial charge >= 0.3 is 0 Å². The number of hydrogen-bond acceptors (Lipinski definition) is 6. The van der Waals surface area contributed by atoms with Crippen molar-refractivity contribution in [1.82, 2.24) is 9.80 Å². The maximum absolute atomic E-state index is 12.0. The standard InChI is InChI=1S/C17H15N3O3S/c1-23-15-8-11(6-7-14(15)21)10-18-19-17(22)9-13-12-4-2-3-5-16(12)24-20-13/h2-8,10,21H,9H2,1H3,(H,19,22)/b18-10+. The number of nitrogens with one attached hydrogen (secondary N) is 1. The lowest BCUT2D eigenvalue weighted by Crippen LogP contribution is -2.20. The van der Waals surface area contributed by atoms with Crippen LogP contribution in [0.25, 0.3) is 10.1 Å². The Balaban J connectivity index is 1.63. The normalized spacial score (nSPS) is 11.0. The first-order chi connectivity index (χ1) is 11.7. The van der Waals surface area contributed by atoms with Crippen molar-refractivity contribution in [3.05, 3.63) is 53.7 Å². The van der Waals surface area contributed by atoms with Gasteiger partial charge in [-0.2, -0.15) is 9.47 Å². The number of carbonyl (C=O) groups is 1. The zero-order chi connectivity index (χ0) is 16.9. The molecule has 6 nitrogen and oxygen atoms in total. The zero-order valence-electron chi connectivity index (χ0n) is 12.9. The van der Waals surface area contributed by atoms with E-state index in [1.807, 2.05) is 24.3 Å². The van der Waals surface area contributed by atoms with Gasteiger partial charge in [-0.1, -0.05) is 18.2 Å². The van der Waals surface area contributed by atoms with Crippen LogP contribution in [0.4, 0.5) is 0 Å². The molecule has 0 aliphatic carbocycles. The number of hydrogen-bond donors (Lipinski definition) is 2. The van der Waals surface area contributed by atoms with Gasteiger partial charge < -0.3 is 9.84 Å². The predicted molar refractivity (Wildman–Crippen MR) is 93.7 cm³/mol. The molecule has 0 saturated carbocycles. The summed E-state index contributed by atoms with van der Waals surface area (Å²) in [7, 11) is 1.47. The summed E-state index contributed by atoms with van der Waals surface area (Å²) in [5.41, 5.74) is 3.92. The Bertz CT molecular complexity index is 905. The first-order valence-corrected chi connectivity index (χ1v) is 7.97. The van der Waals surface area contributed by atoms with Crippen molar-refractivity contribution in [1.29, 1.82) is 0 Å². The summed E-state index contributed by atoms with van der Waals surface area (Å²) in [5.74, 6) is 0.154. The van der Waals surface area contributed by atoms with Crippen LogP contribution in [0.5, 0.6) is 11.5 Å². The van der Waals surface area contributed by atoms with Gasteiger partial charge in [-0.05, 0) is 41.4 Å². The van der Waals surface area contributed by atoms with Crippen LogP contribution in [0.2, 0.25) is 0 Å². The van der Waals surface area contributed by atoms with E-state index in [2.05, 4.69) is 14.9 Å². The number of aromatic nitrogens is 1. The van der Waals surface area contributed by atoms with Crippen LogP contribution in [0.15, 0.2) is 47.6 Å². The van der Waals surface area contributed by atoms with E-state index in [0.717, 1.165) is 15.8 Å². The summed E-state index contributed by atoms with van der Waals surface area (Å²) < 4.78 is 10.4. The lowest BCUT2D eigenvalue weighted by atomic mass is 10.2. The molecule has 0 atom stereocenters. The van der Waals surface area contributed by atoms with Gasteiger partial charge in [-0.25, -0.2) is 5.43 Å². The second kappa shape index (κ2) is 7.10. The average Bonchev–Trinajstić information content (AvgIpc) is 2.99. The van der Waals surface area contributed by atoms with Gasteiger partial charge in [-0.15, -0.1) is 0 Å². The molecule has 0 fully saturated rings. The third kappa shape index (κ3) is 3.52. The van der Waals surface area contributed by atoms with E-state index in [0.29, 0.717) is 11.3 Å². The summed E-state index contributed by atoms with van der Waals surface area (Å²) in [6.07, 6.45) is 1.65. The van der Waals surface area contributed by atoms with Crippen LogP contribution in [0, 0.1) is 0 Å². The Labute approximate surface area is 142 Å². The molecule has 1 amide bonds. The molecule has 2 N–H and O–H groups in total. The SMILES string of the molecule is COc1cc(/C=N/NC(=O)Cc2nsc3ccccc23)ccc1O. The van der Waals surface area contributed by atoms with Gasteiger partial charge in [0.1, 0.15) is 0 Å². The van der Waals surface area contributed by atoms with Crippen LogP contribution in [-0.2, 0) is 11.2 Å². The zero-order valence-corrected chi connectivity index (χ0v) is 13.7. The summed E-state index contributed by atoms with van der Waals surface area (Å²) in [6, 6.07) is 12.6. The van der Waals surface area contributed by atoms with Crippen molar-refractivity contribution < 1.29 is 14.6 Å². The minimum atomic E-state index is -0.243. The second-order valence-electron chi connectivity index (χ2n) is 5.03. The quantitative estimate of drug-likeness (QED) is 0.552. The summed E-state index contributed by atoms with van der Waals surface area (Å²) in [6.45, 7) is 0. The lowest BCUT2D eigenvalue weighted by molar-refractivity contribution is -0.120. The van der Waals surface area contributed by atoms with Crippen molar-refractivity contribution in [2.45, 2.75) is 6.42 Å². The van der Waals surface area contributed by atoms with Crippen LogP contribution in [0.1, 0.15) is 11.3 Å². The van der Waals surface area contributed by atoms with Crippen LogP contribution in [0.3, 0.4) is 0 Å². The maximum atomic E-state index is 12.0. The molecule has 0 unspecified atom stereocenters. The number of methoxy groups -OCH3 is 1. The van der Waals surface area contributed by atoms with Crippen LogP contribution < -0.4 is 10.2 Å². The molecule has 0 bridgehead atoms. The topological polar surface area (TPSA) is 83.8 Å². The number of fused-ring (bicyclic) bond motifs is 1. The van der Waals surface area contributed by atoms with Gasteiger partial charge in [0.05, 0.1) is 30.1 Å². The monoisotopic (exact) mass is 341 g/mol. The molecule has 7 heteroatoms. The van der Waals surface area contributed by atoms with Gasteiger partial charge in [-0.3, -0.25) is 4.79 Å². The van der Waals surface area contributed by atoms with E-state index < -0.39 is 0 Å². The van der Waals surface area contributed by atoms with E-state index in [1.54, 1.807) is 12.1 Å². The van der Waals surface area contributed by atoms with E-state index >= 15 is 0 Å². The van der Waals surface area contributed by atoms with Gasteiger partial charge in [0, 0.05) is 5.39 Å². The van der Waals surface area contributed by atoms with Crippen molar-refractivity contribution >= 4 is 33.7 Å². The third-order valence-electron chi connectivity index (χ3n) is 3.39. The molecule has 0 radical (unpaired) electrons. The van der Waals surface area contributed by atoms with E-state index in [1.165, 1.54) is 30.9 Å². The number of rotatable bonds is 5. The molecule has 24 heavy (non-hydrogen) atoms. The molecule has 1 aromatic heterocycles. The smallest absolute Gasteiger partial charge is 0.246 e.